The highest BCUT2D eigenvalue weighted by molar-refractivity contribution is 5.75. The predicted molar refractivity (Wildman–Crippen MR) is 50.1 cm³/mol. The summed E-state index contributed by atoms with van der Waals surface area (Å²) in [5.41, 5.74) is -1.65. The van der Waals surface area contributed by atoms with Crippen LogP contribution in [0.3, 0.4) is 0 Å². The van der Waals surface area contributed by atoms with Crippen LogP contribution in [0.25, 0.3) is 11.2 Å². The van der Waals surface area contributed by atoms with E-state index < -0.39 is 16.9 Å². The summed E-state index contributed by atoms with van der Waals surface area (Å²) in [7, 11) is 0. The van der Waals surface area contributed by atoms with Crippen LogP contribution in [0, 0.1) is 0 Å². The highest BCUT2D eigenvalue weighted by atomic mass is 27.0. The average Bonchev–Trinajstić information content (AvgIpc) is 2.29. The van der Waals surface area contributed by atoms with Gasteiger partial charge in [-0.05, 0) is 0 Å². The van der Waals surface area contributed by atoms with Gasteiger partial charge >= 0.3 is 11.4 Å². The Balaban J connectivity index is 0.000000845. The van der Waals surface area contributed by atoms with Gasteiger partial charge in [-0.3, -0.25) is 24.7 Å². The second kappa shape index (κ2) is 3.08. The summed E-state index contributed by atoms with van der Waals surface area (Å²) in [6.07, 6.45) is 0. The summed E-state index contributed by atoms with van der Waals surface area (Å²) in [5, 5.41) is 0. The fraction of sp³-hybridized carbons (Fsp3) is 0. The van der Waals surface area contributed by atoms with Crippen molar-refractivity contribution < 1.29 is 0 Å². The van der Waals surface area contributed by atoms with Crippen LogP contribution < -0.4 is 16.9 Å². The second-order valence-electron chi connectivity index (χ2n) is 2.24. The number of hydrogen-bond acceptors (Lipinski definition) is 3. The minimum atomic E-state index is -0.650. The Morgan fingerprint density at radius 3 is 1.92 bits per heavy atom. The monoisotopic (exact) mass is 198 g/mol. The number of H-pyrrole nitrogens is 4. The molecule has 8 heteroatoms. The van der Waals surface area contributed by atoms with Crippen LogP contribution in [0.4, 0.5) is 0 Å². The fourth-order valence-corrected chi connectivity index (χ4v) is 0.958. The lowest BCUT2D eigenvalue weighted by atomic mass is 10.5. The highest BCUT2D eigenvalue weighted by Gasteiger charge is 2.02. The van der Waals surface area contributed by atoms with Gasteiger partial charge in [-0.25, -0.2) is 9.59 Å². The van der Waals surface area contributed by atoms with Crippen molar-refractivity contribution in [2.24, 2.45) is 0 Å². The summed E-state index contributed by atoms with van der Waals surface area (Å²) in [4.78, 5) is 41.0. The maximum Gasteiger partial charge on any atom is 0.327 e. The average molecular weight is 198 g/mol. The minimum Gasteiger partial charge on any atom is -0.300 e. The smallest absolute Gasteiger partial charge is 0.300 e. The zero-order chi connectivity index (χ0) is 8.72. The molecule has 2 rings (SSSR count). The molecule has 0 amide bonds. The van der Waals surface area contributed by atoms with Crippen LogP contribution in [0.1, 0.15) is 0 Å². The molecule has 0 aromatic carbocycles. The highest BCUT2D eigenvalue weighted by Crippen LogP contribution is 1.88. The molecule has 2 aromatic rings. The number of imidazole rings is 1. The first kappa shape index (κ1) is 9.57. The van der Waals surface area contributed by atoms with Gasteiger partial charge in [0.25, 0.3) is 5.56 Å². The lowest BCUT2D eigenvalue weighted by molar-refractivity contribution is 1.07. The number of rotatable bonds is 0. The predicted octanol–water partition coefficient (Wildman–Crippen LogP) is -2.95. The third-order valence-electron chi connectivity index (χ3n) is 1.42. The lowest BCUT2D eigenvalue weighted by Crippen LogP contribution is -2.21. The van der Waals surface area contributed by atoms with Gasteiger partial charge in [-0.15, -0.1) is 0 Å². The van der Waals surface area contributed by atoms with E-state index in [9.17, 15) is 14.4 Å². The molecular weight excluding hydrogens is 191 g/mol. The first-order chi connectivity index (χ1) is 5.66. The summed E-state index contributed by atoms with van der Waals surface area (Å²) in [6, 6.07) is 0. The van der Waals surface area contributed by atoms with Crippen LogP contribution in [-0.4, -0.2) is 37.3 Å². The largest absolute Gasteiger partial charge is 0.327 e. The van der Waals surface area contributed by atoms with Gasteiger partial charge in [0.1, 0.15) is 11.2 Å². The van der Waals surface area contributed by atoms with Gasteiger partial charge < -0.3 is 0 Å². The molecule has 0 atom stereocenters. The van der Waals surface area contributed by atoms with E-state index in [1.165, 1.54) is 0 Å². The Kier molecular flexibility index (Phi) is 2.27. The summed E-state index contributed by atoms with van der Waals surface area (Å²) >= 11 is 0. The molecule has 2 heterocycles. The number of aromatic nitrogens is 4. The Morgan fingerprint density at radius 2 is 1.31 bits per heavy atom. The second-order valence-corrected chi connectivity index (χ2v) is 2.24. The standard InChI is InChI=1S/C5H4N4O3.Al.3H/c10-3-1-2(7-4(11)6-1)8-5(12)9-3;;;;/h(H4,6,7,8,9,10,11,12);;;;. The van der Waals surface area contributed by atoms with Crippen molar-refractivity contribution in [3.8, 4) is 0 Å². The first-order valence-electron chi connectivity index (χ1n) is 3.11. The van der Waals surface area contributed by atoms with E-state index in [4.69, 9.17) is 0 Å². The molecule has 0 radical (unpaired) electrons. The van der Waals surface area contributed by atoms with E-state index >= 15 is 0 Å². The van der Waals surface area contributed by atoms with E-state index in [0.29, 0.717) is 0 Å². The Bertz CT molecular complexity index is 588. The molecule has 0 saturated heterocycles. The van der Waals surface area contributed by atoms with Gasteiger partial charge in [0.2, 0.25) is 0 Å². The van der Waals surface area contributed by atoms with Crippen LogP contribution in [0.15, 0.2) is 14.4 Å². The molecule has 7 nitrogen and oxygen atoms in total. The maximum atomic E-state index is 10.9. The number of fused-ring (bicyclic) bond motifs is 1. The lowest BCUT2D eigenvalue weighted by Gasteiger charge is -1.83. The molecule has 0 fully saturated rings. The maximum absolute atomic E-state index is 10.9. The quantitative estimate of drug-likeness (QED) is 0.339. The van der Waals surface area contributed by atoms with E-state index in [-0.39, 0.29) is 28.5 Å². The molecule has 13 heavy (non-hydrogen) atoms. The van der Waals surface area contributed by atoms with Gasteiger partial charge in [-0.2, -0.15) is 0 Å². The van der Waals surface area contributed by atoms with Crippen LogP contribution in [0.2, 0.25) is 0 Å². The number of hydrogen-bond donors (Lipinski definition) is 4. The molecule has 2 aromatic heterocycles. The Morgan fingerprint density at radius 1 is 0.769 bits per heavy atom. The van der Waals surface area contributed by atoms with E-state index in [2.05, 4.69) is 15.0 Å². The van der Waals surface area contributed by atoms with Crippen LogP contribution in [-0.2, 0) is 0 Å². The van der Waals surface area contributed by atoms with Crippen LogP contribution >= 0.6 is 0 Å². The van der Waals surface area contributed by atoms with E-state index in [1.54, 1.807) is 0 Å². The van der Waals surface area contributed by atoms with Crippen molar-refractivity contribution >= 4 is 28.5 Å². The van der Waals surface area contributed by atoms with Crippen molar-refractivity contribution in [3.63, 3.8) is 0 Å². The molecule has 4 N–H and O–H groups in total. The van der Waals surface area contributed by atoms with Crippen LogP contribution in [0.5, 0.6) is 0 Å². The molecule has 0 aliphatic heterocycles. The number of nitrogens with one attached hydrogen (secondary N) is 4. The summed E-state index contributed by atoms with van der Waals surface area (Å²) in [6.45, 7) is 0. The normalized spacial score (nSPS) is 9.85. The van der Waals surface area contributed by atoms with Gasteiger partial charge in [0.15, 0.2) is 17.4 Å². The fourth-order valence-electron chi connectivity index (χ4n) is 0.958. The molecule has 0 bridgehead atoms. The molecule has 0 aliphatic carbocycles. The molecule has 0 spiro atoms. The molecular formula is C5H7AlN4O3. The number of aromatic amines is 4. The van der Waals surface area contributed by atoms with E-state index in [1.807, 2.05) is 4.98 Å². The zero-order valence-electron chi connectivity index (χ0n) is 5.72. The van der Waals surface area contributed by atoms with Gasteiger partial charge in [0.05, 0.1) is 0 Å². The van der Waals surface area contributed by atoms with Crippen molar-refractivity contribution in [1.82, 2.24) is 19.9 Å². The van der Waals surface area contributed by atoms with Gasteiger partial charge in [-0.1, -0.05) is 0 Å². The Hall–Kier alpha value is -1.52. The SMILES string of the molecule is O=c1[nH]c(=O)c2[nH]c(=O)[nH]c2[nH]1.[AlH3]. The third kappa shape index (κ3) is 1.49. The summed E-state index contributed by atoms with van der Waals surface area (Å²) in [5.74, 6) is 0. The molecule has 0 saturated carbocycles. The topological polar surface area (TPSA) is 114 Å². The zero-order valence-corrected chi connectivity index (χ0v) is 5.72. The molecule has 0 unspecified atom stereocenters. The van der Waals surface area contributed by atoms with Gasteiger partial charge in [0, 0.05) is 0 Å². The molecule has 0 aliphatic rings. The summed E-state index contributed by atoms with van der Waals surface area (Å²) < 4.78 is 0. The first-order valence-corrected chi connectivity index (χ1v) is 3.11. The van der Waals surface area contributed by atoms with Crippen molar-refractivity contribution in [3.05, 3.63) is 31.3 Å². The minimum absolute atomic E-state index is 0. The third-order valence-corrected chi connectivity index (χ3v) is 1.42. The van der Waals surface area contributed by atoms with Crippen molar-refractivity contribution in [2.75, 3.05) is 0 Å². The molecule has 68 valence electrons. The van der Waals surface area contributed by atoms with E-state index in [0.717, 1.165) is 0 Å². The Labute approximate surface area is 80.3 Å². The van der Waals surface area contributed by atoms with Crippen molar-refractivity contribution in [1.29, 1.82) is 0 Å². The van der Waals surface area contributed by atoms with Crippen molar-refractivity contribution in [2.45, 2.75) is 0 Å².